The first-order valence-corrected chi connectivity index (χ1v) is 6.46. The fourth-order valence-electron chi connectivity index (χ4n) is 1.86. The van der Waals surface area contributed by atoms with Crippen LogP contribution in [0.4, 0.5) is 5.82 Å². The maximum atomic E-state index is 5.74. The molecule has 2 rings (SSSR count). The van der Waals surface area contributed by atoms with Gasteiger partial charge in [0.2, 0.25) is 5.88 Å². The Labute approximate surface area is 113 Å². The molecule has 19 heavy (non-hydrogen) atoms. The number of hydrogen-bond acceptors (Lipinski definition) is 5. The topological polar surface area (TPSA) is 60.2 Å². The maximum Gasteiger partial charge on any atom is 0.222 e. The number of nitrogens with zero attached hydrogens (tertiary/aromatic N) is 2. The smallest absolute Gasteiger partial charge is 0.222 e. The van der Waals surface area contributed by atoms with Crippen LogP contribution in [0, 0.1) is 0 Å². The van der Waals surface area contributed by atoms with Crippen LogP contribution in [0.15, 0.2) is 29.1 Å². The van der Waals surface area contributed by atoms with Gasteiger partial charge in [-0.05, 0) is 25.0 Å². The molecule has 1 N–H and O–H groups in total. The summed E-state index contributed by atoms with van der Waals surface area (Å²) in [6.45, 7) is 7.41. The van der Waals surface area contributed by atoms with Crippen molar-refractivity contribution < 1.29 is 9.15 Å². The Hall–Kier alpha value is -2.04. The highest BCUT2D eigenvalue weighted by Crippen LogP contribution is 2.30. The molecule has 0 fully saturated rings. The molecule has 0 aliphatic carbocycles. The second-order valence-electron chi connectivity index (χ2n) is 4.49. The van der Waals surface area contributed by atoms with Gasteiger partial charge in [-0.1, -0.05) is 13.8 Å². The first-order chi connectivity index (χ1) is 9.22. The third-order valence-electron chi connectivity index (χ3n) is 2.70. The SMILES string of the molecule is CCNc1ncnc(OCc2ccco2)c1C(C)C. The van der Waals surface area contributed by atoms with Crippen molar-refractivity contribution in [1.82, 2.24) is 9.97 Å². The average molecular weight is 261 g/mol. The van der Waals surface area contributed by atoms with Crippen molar-refractivity contribution in [1.29, 1.82) is 0 Å². The minimum Gasteiger partial charge on any atom is -0.469 e. The Balaban J connectivity index is 2.20. The average Bonchev–Trinajstić information content (AvgIpc) is 2.89. The third-order valence-corrected chi connectivity index (χ3v) is 2.70. The van der Waals surface area contributed by atoms with E-state index in [0.29, 0.717) is 12.5 Å². The highest BCUT2D eigenvalue weighted by Gasteiger charge is 2.16. The van der Waals surface area contributed by atoms with Gasteiger partial charge in [0.05, 0.1) is 11.8 Å². The summed E-state index contributed by atoms with van der Waals surface area (Å²) >= 11 is 0. The molecule has 0 saturated carbocycles. The van der Waals surface area contributed by atoms with Crippen LogP contribution in [0.2, 0.25) is 0 Å². The van der Waals surface area contributed by atoms with E-state index in [1.54, 1.807) is 6.26 Å². The fourth-order valence-corrected chi connectivity index (χ4v) is 1.86. The number of hydrogen-bond donors (Lipinski definition) is 1. The van der Waals surface area contributed by atoms with E-state index in [1.807, 2.05) is 19.1 Å². The van der Waals surface area contributed by atoms with E-state index < -0.39 is 0 Å². The van der Waals surface area contributed by atoms with E-state index in [-0.39, 0.29) is 5.92 Å². The van der Waals surface area contributed by atoms with Crippen molar-refractivity contribution >= 4 is 5.82 Å². The van der Waals surface area contributed by atoms with Crippen LogP contribution in [0.3, 0.4) is 0 Å². The van der Waals surface area contributed by atoms with Gasteiger partial charge in [-0.25, -0.2) is 9.97 Å². The lowest BCUT2D eigenvalue weighted by molar-refractivity contribution is 0.256. The summed E-state index contributed by atoms with van der Waals surface area (Å²) in [5, 5.41) is 3.24. The summed E-state index contributed by atoms with van der Waals surface area (Å²) in [6.07, 6.45) is 3.15. The van der Waals surface area contributed by atoms with Crippen LogP contribution >= 0.6 is 0 Å². The van der Waals surface area contributed by atoms with E-state index >= 15 is 0 Å². The van der Waals surface area contributed by atoms with Crippen molar-refractivity contribution in [2.24, 2.45) is 0 Å². The van der Waals surface area contributed by atoms with Crippen molar-refractivity contribution in [3.05, 3.63) is 36.0 Å². The zero-order valence-corrected chi connectivity index (χ0v) is 11.5. The van der Waals surface area contributed by atoms with Gasteiger partial charge >= 0.3 is 0 Å². The second kappa shape index (κ2) is 6.22. The van der Waals surface area contributed by atoms with Gasteiger partial charge in [0.1, 0.15) is 24.5 Å². The normalized spacial score (nSPS) is 10.7. The zero-order valence-electron chi connectivity index (χ0n) is 11.5. The Morgan fingerprint density at radius 3 is 2.84 bits per heavy atom. The van der Waals surface area contributed by atoms with Crippen LogP contribution in [0.1, 0.15) is 38.0 Å². The summed E-state index contributed by atoms with van der Waals surface area (Å²) in [4.78, 5) is 8.50. The molecule has 2 aromatic rings. The van der Waals surface area contributed by atoms with Crippen molar-refractivity contribution in [3.8, 4) is 5.88 Å². The second-order valence-corrected chi connectivity index (χ2v) is 4.49. The number of anilines is 1. The Kier molecular flexibility index (Phi) is 4.39. The van der Waals surface area contributed by atoms with Gasteiger partial charge in [-0.2, -0.15) is 0 Å². The monoisotopic (exact) mass is 261 g/mol. The lowest BCUT2D eigenvalue weighted by Gasteiger charge is -2.16. The number of rotatable bonds is 6. The van der Waals surface area contributed by atoms with Crippen molar-refractivity contribution in [3.63, 3.8) is 0 Å². The molecule has 0 unspecified atom stereocenters. The standard InChI is InChI=1S/C14H19N3O2/c1-4-15-13-12(10(2)3)14(17-9-16-13)19-8-11-6-5-7-18-11/h5-7,9-10H,4,8H2,1-3H3,(H,15,16,17). The lowest BCUT2D eigenvalue weighted by Crippen LogP contribution is -2.09. The predicted octanol–water partition coefficient (Wildman–Crippen LogP) is 3.20. The molecular formula is C14H19N3O2. The van der Waals surface area contributed by atoms with E-state index in [0.717, 1.165) is 23.7 Å². The molecular weight excluding hydrogens is 242 g/mol. The summed E-state index contributed by atoms with van der Waals surface area (Å²) in [5.41, 5.74) is 0.996. The summed E-state index contributed by atoms with van der Waals surface area (Å²) in [5.74, 6) is 2.50. The first kappa shape index (κ1) is 13.4. The third kappa shape index (κ3) is 3.24. The number of nitrogens with one attached hydrogen (secondary N) is 1. The highest BCUT2D eigenvalue weighted by molar-refractivity contribution is 5.50. The summed E-state index contributed by atoms with van der Waals surface area (Å²) in [6, 6.07) is 3.72. The van der Waals surface area contributed by atoms with Gasteiger partial charge in [-0.15, -0.1) is 0 Å². The molecule has 0 radical (unpaired) electrons. The fraction of sp³-hybridized carbons (Fsp3) is 0.429. The van der Waals surface area contributed by atoms with E-state index in [9.17, 15) is 0 Å². The number of ether oxygens (including phenoxy) is 1. The molecule has 0 spiro atoms. The molecule has 0 aliphatic heterocycles. The molecule has 2 aromatic heterocycles. The zero-order chi connectivity index (χ0) is 13.7. The largest absolute Gasteiger partial charge is 0.469 e. The lowest BCUT2D eigenvalue weighted by atomic mass is 10.1. The molecule has 0 aromatic carbocycles. The minimum absolute atomic E-state index is 0.279. The van der Waals surface area contributed by atoms with Crippen LogP contribution in [0.25, 0.3) is 0 Å². The highest BCUT2D eigenvalue weighted by atomic mass is 16.5. The van der Waals surface area contributed by atoms with Crippen LogP contribution in [-0.4, -0.2) is 16.5 Å². The van der Waals surface area contributed by atoms with E-state index in [1.165, 1.54) is 6.33 Å². The van der Waals surface area contributed by atoms with Crippen molar-refractivity contribution in [2.75, 3.05) is 11.9 Å². The van der Waals surface area contributed by atoms with Gasteiger partial charge in [0.15, 0.2) is 0 Å². The van der Waals surface area contributed by atoms with Gasteiger partial charge in [0.25, 0.3) is 0 Å². The molecule has 0 aliphatic rings. The number of furan rings is 1. The molecule has 0 bridgehead atoms. The Morgan fingerprint density at radius 2 is 2.21 bits per heavy atom. The van der Waals surface area contributed by atoms with Gasteiger partial charge in [-0.3, -0.25) is 0 Å². The first-order valence-electron chi connectivity index (χ1n) is 6.46. The van der Waals surface area contributed by atoms with Crippen LogP contribution in [-0.2, 0) is 6.61 Å². The quantitative estimate of drug-likeness (QED) is 0.865. The molecule has 102 valence electrons. The van der Waals surface area contributed by atoms with E-state index in [2.05, 4.69) is 29.1 Å². The minimum atomic E-state index is 0.279. The molecule has 5 nitrogen and oxygen atoms in total. The summed E-state index contributed by atoms with van der Waals surface area (Å²) in [7, 11) is 0. The van der Waals surface area contributed by atoms with Gasteiger partial charge < -0.3 is 14.5 Å². The van der Waals surface area contributed by atoms with E-state index in [4.69, 9.17) is 9.15 Å². The maximum absolute atomic E-state index is 5.74. The predicted molar refractivity (Wildman–Crippen MR) is 73.3 cm³/mol. The van der Waals surface area contributed by atoms with Crippen LogP contribution < -0.4 is 10.1 Å². The Morgan fingerprint density at radius 1 is 1.37 bits per heavy atom. The molecule has 0 amide bonds. The molecule has 2 heterocycles. The van der Waals surface area contributed by atoms with Gasteiger partial charge in [0, 0.05) is 6.54 Å². The molecule has 0 saturated heterocycles. The summed E-state index contributed by atoms with van der Waals surface area (Å²) < 4.78 is 11.0. The molecule has 5 heteroatoms. The Bertz CT molecular complexity index is 509. The molecule has 0 atom stereocenters. The van der Waals surface area contributed by atoms with Crippen LogP contribution in [0.5, 0.6) is 5.88 Å². The number of aromatic nitrogens is 2. The van der Waals surface area contributed by atoms with Crippen molar-refractivity contribution in [2.45, 2.75) is 33.3 Å².